The van der Waals surface area contributed by atoms with Gasteiger partial charge in [-0.3, -0.25) is 4.79 Å². The molecule has 0 unspecified atom stereocenters. The molecule has 0 radical (unpaired) electrons. The number of amides is 1. The summed E-state index contributed by atoms with van der Waals surface area (Å²) in [5.74, 6) is -1.11. The minimum Gasteiger partial charge on any atom is -0.338 e. The highest BCUT2D eigenvalue weighted by molar-refractivity contribution is 7.89. The number of carbonyl (C=O) groups excluding carboxylic acids is 1. The minimum absolute atomic E-state index is 0.00209. The number of piperidine rings is 1. The Hall–Kier alpha value is -2.69. The summed E-state index contributed by atoms with van der Waals surface area (Å²) in [5, 5.41) is 0.434. The van der Waals surface area contributed by atoms with Gasteiger partial charge in [0.15, 0.2) is 0 Å². The van der Waals surface area contributed by atoms with Crippen molar-refractivity contribution in [3.05, 3.63) is 71.2 Å². The molecule has 3 aromatic rings. The molecule has 1 aliphatic heterocycles. The Kier molecular flexibility index (Phi) is 6.12. The van der Waals surface area contributed by atoms with Gasteiger partial charge in [-0.15, -0.1) is 11.3 Å². The summed E-state index contributed by atoms with van der Waals surface area (Å²) in [6, 6.07) is 10.6. The molecular weight excluding hydrogens is 444 g/mol. The van der Waals surface area contributed by atoms with E-state index in [1.807, 2.05) is 0 Å². The van der Waals surface area contributed by atoms with Crippen molar-refractivity contribution < 1.29 is 22.0 Å². The number of halogens is 2. The zero-order valence-electron chi connectivity index (χ0n) is 16.3. The Labute approximate surface area is 182 Å². The first-order valence-electron chi connectivity index (χ1n) is 9.61. The van der Waals surface area contributed by atoms with Crippen LogP contribution in [0.15, 0.2) is 59.6 Å². The molecule has 10 heteroatoms. The molecule has 1 aromatic heterocycles. The lowest BCUT2D eigenvalue weighted by molar-refractivity contribution is 0.0716. The fraction of sp³-hybridized carbons (Fsp3) is 0.238. The van der Waals surface area contributed by atoms with Crippen LogP contribution in [0, 0.1) is 11.6 Å². The first-order valence-corrected chi connectivity index (χ1v) is 11.9. The maximum absolute atomic E-state index is 14.0. The molecule has 1 fully saturated rings. The van der Waals surface area contributed by atoms with Gasteiger partial charge < -0.3 is 4.90 Å². The summed E-state index contributed by atoms with van der Waals surface area (Å²) in [6.07, 6.45) is 2.34. The first-order chi connectivity index (χ1) is 14.8. The third kappa shape index (κ3) is 4.81. The molecule has 6 nitrogen and oxygen atoms in total. The van der Waals surface area contributed by atoms with E-state index >= 15 is 0 Å². The number of rotatable bonds is 5. The summed E-state index contributed by atoms with van der Waals surface area (Å²) >= 11 is 1.13. The molecule has 0 aliphatic carbocycles. The molecule has 2 heterocycles. The highest BCUT2D eigenvalue weighted by Crippen LogP contribution is 2.28. The Morgan fingerprint density at radius 3 is 2.42 bits per heavy atom. The number of hydrogen-bond acceptors (Lipinski definition) is 5. The van der Waals surface area contributed by atoms with Crippen LogP contribution in [-0.2, 0) is 10.0 Å². The quantitative estimate of drug-likeness (QED) is 0.626. The van der Waals surface area contributed by atoms with E-state index in [9.17, 15) is 22.0 Å². The van der Waals surface area contributed by atoms with E-state index in [1.165, 1.54) is 24.4 Å². The molecular formula is C21H19F2N3O3S2. The highest BCUT2D eigenvalue weighted by Gasteiger charge is 2.28. The van der Waals surface area contributed by atoms with Gasteiger partial charge in [0.1, 0.15) is 21.5 Å². The van der Waals surface area contributed by atoms with Gasteiger partial charge in [-0.1, -0.05) is 12.1 Å². The average molecular weight is 464 g/mol. The van der Waals surface area contributed by atoms with Crippen molar-refractivity contribution in [2.45, 2.75) is 23.8 Å². The van der Waals surface area contributed by atoms with E-state index in [0.29, 0.717) is 41.4 Å². The first kappa shape index (κ1) is 21.5. The fourth-order valence-electron chi connectivity index (χ4n) is 3.39. The maximum atomic E-state index is 14.0. The molecule has 162 valence electrons. The zero-order valence-corrected chi connectivity index (χ0v) is 17.9. The van der Waals surface area contributed by atoms with Crippen LogP contribution < -0.4 is 4.72 Å². The van der Waals surface area contributed by atoms with Gasteiger partial charge in [-0.05, 0) is 49.2 Å². The Bertz CT molecular complexity index is 1190. The van der Waals surface area contributed by atoms with Crippen molar-refractivity contribution >= 4 is 27.3 Å². The minimum atomic E-state index is -3.76. The van der Waals surface area contributed by atoms with Crippen LogP contribution in [0.5, 0.6) is 0 Å². The Morgan fingerprint density at radius 1 is 1.06 bits per heavy atom. The SMILES string of the molecule is O=C(c1cnc(-c2ccccc2F)s1)N1CCC(NS(=O)(=O)c2ccc(F)cc2)CC1. The van der Waals surface area contributed by atoms with Crippen LogP contribution in [0.1, 0.15) is 22.5 Å². The number of nitrogens with one attached hydrogen (secondary N) is 1. The number of carbonyl (C=O) groups is 1. The van der Waals surface area contributed by atoms with E-state index in [0.717, 1.165) is 23.5 Å². The van der Waals surface area contributed by atoms with Crippen LogP contribution in [0.25, 0.3) is 10.6 Å². The van der Waals surface area contributed by atoms with Crippen molar-refractivity contribution in [1.29, 1.82) is 0 Å². The summed E-state index contributed by atoms with van der Waals surface area (Å²) < 4.78 is 54.5. The molecule has 1 aliphatic rings. The number of nitrogens with zero attached hydrogens (tertiary/aromatic N) is 2. The van der Waals surface area contributed by atoms with Gasteiger partial charge in [0.05, 0.1) is 11.1 Å². The number of thiazole rings is 1. The number of likely N-dealkylation sites (tertiary alicyclic amines) is 1. The standard InChI is InChI=1S/C21H19F2N3O3S2/c22-14-5-7-16(8-6-14)31(28,29)25-15-9-11-26(12-10-15)21(27)19-13-24-20(30-19)17-3-1-2-4-18(17)23/h1-8,13,15,25H,9-12H2. The van der Waals surface area contributed by atoms with Crippen molar-refractivity contribution in [3.63, 3.8) is 0 Å². The molecule has 0 saturated carbocycles. The van der Waals surface area contributed by atoms with E-state index in [-0.39, 0.29) is 16.8 Å². The van der Waals surface area contributed by atoms with Gasteiger partial charge >= 0.3 is 0 Å². The topological polar surface area (TPSA) is 79.4 Å². The van der Waals surface area contributed by atoms with Gasteiger partial charge in [0.25, 0.3) is 5.91 Å². The van der Waals surface area contributed by atoms with Gasteiger partial charge in [0.2, 0.25) is 10.0 Å². The number of aromatic nitrogens is 1. The molecule has 0 spiro atoms. The van der Waals surface area contributed by atoms with Crippen molar-refractivity contribution in [2.24, 2.45) is 0 Å². The normalized spacial score (nSPS) is 15.2. The summed E-state index contributed by atoms with van der Waals surface area (Å²) in [4.78, 5) is 19.0. The third-order valence-corrected chi connectivity index (χ3v) is 7.60. The number of sulfonamides is 1. The zero-order chi connectivity index (χ0) is 22.0. The fourth-order valence-corrected chi connectivity index (χ4v) is 5.61. The smallest absolute Gasteiger partial charge is 0.265 e. The summed E-state index contributed by atoms with van der Waals surface area (Å²) in [6.45, 7) is 0.755. The molecule has 4 rings (SSSR count). The van der Waals surface area contributed by atoms with Crippen molar-refractivity contribution in [1.82, 2.24) is 14.6 Å². The molecule has 0 bridgehead atoms. The van der Waals surface area contributed by atoms with E-state index in [4.69, 9.17) is 0 Å². The van der Waals surface area contributed by atoms with Crippen molar-refractivity contribution in [2.75, 3.05) is 13.1 Å². The van der Waals surface area contributed by atoms with Gasteiger partial charge in [0, 0.05) is 24.7 Å². The van der Waals surface area contributed by atoms with E-state index in [1.54, 1.807) is 23.1 Å². The van der Waals surface area contributed by atoms with Crippen molar-refractivity contribution in [3.8, 4) is 10.6 Å². The highest BCUT2D eigenvalue weighted by atomic mass is 32.2. The second-order valence-electron chi connectivity index (χ2n) is 7.15. The Morgan fingerprint density at radius 2 is 1.74 bits per heavy atom. The second-order valence-corrected chi connectivity index (χ2v) is 9.90. The molecule has 2 aromatic carbocycles. The lowest BCUT2D eigenvalue weighted by atomic mass is 10.1. The third-order valence-electron chi connectivity index (χ3n) is 5.05. The van der Waals surface area contributed by atoms with Crippen LogP contribution in [0.3, 0.4) is 0 Å². The molecule has 31 heavy (non-hydrogen) atoms. The summed E-state index contributed by atoms with van der Waals surface area (Å²) in [7, 11) is -3.76. The molecule has 1 saturated heterocycles. The van der Waals surface area contributed by atoms with Crippen LogP contribution in [-0.4, -0.2) is 43.3 Å². The second kappa shape index (κ2) is 8.81. The predicted molar refractivity (Wildman–Crippen MR) is 113 cm³/mol. The predicted octanol–water partition coefficient (Wildman–Crippen LogP) is 3.67. The van der Waals surface area contributed by atoms with E-state index < -0.39 is 21.7 Å². The maximum Gasteiger partial charge on any atom is 0.265 e. The van der Waals surface area contributed by atoms with Crippen LogP contribution >= 0.6 is 11.3 Å². The molecule has 0 atom stereocenters. The summed E-state index contributed by atoms with van der Waals surface area (Å²) in [5.41, 5.74) is 0.348. The average Bonchev–Trinajstić information content (AvgIpc) is 3.24. The van der Waals surface area contributed by atoms with Gasteiger partial charge in [-0.25, -0.2) is 26.9 Å². The number of benzene rings is 2. The number of hydrogen-bond donors (Lipinski definition) is 1. The molecule has 1 N–H and O–H groups in total. The lowest BCUT2D eigenvalue weighted by Gasteiger charge is -2.31. The van der Waals surface area contributed by atoms with Crippen LogP contribution in [0.2, 0.25) is 0 Å². The monoisotopic (exact) mass is 463 g/mol. The van der Waals surface area contributed by atoms with Crippen LogP contribution in [0.4, 0.5) is 8.78 Å². The Balaban J connectivity index is 1.37. The van der Waals surface area contributed by atoms with E-state index in [2.05, 4.69) is 9.71 Å². The largest absolute Gasteiger partial charge is 0.338 e. The van der Waals surface area contributed by atoms with Gasteiger partial charge in [-0.2, -0.15) is 0 Å². The molecule has 1 amide bonds. The lowest BCUT2D eigenvalue weighted by Crippen LogP contribution is -2.46.